The van der Waals surface area contributed by atoms with Crippen molar-refractivity contribution in [2.24, 2.45) is 0 Å². The van der Waals surface area contributed by atoms with Gasteiger partial charge in [-0.1, -0.05) is 6.92 Å². The van der Waals surface area contributed by atoms with Crippen LogP contribution in [0.4, 0.5) is 0 Å². The predicted molar refractivity (Wildman–Crippen MR) is 76.3 cm³/mol. The van der Waals surface area contributed by atoms with Gasteiger partial charge in [-0.15, -0.1) is 0 Å². The lowest BCUT2D eigenvalue weighted by Gasteiger charge is -2.44. The Morgan fingerprint density at radius 3 is 2.42 bits per heavy atom. The van der Waals surface area contributed by atoms with Crippen molar-refractivity contribution >= 4 is 0 Å². The van der Waals surface area contributed by atoms with Crippen LogP contribution >= 0.6 is 0 Å². The van der Waals surface area contributed by atoms with Crippen molar-refractivity contribution in [1.82, 2.24) is 10.2 Å². The van der Waals surface area contributed by atoms with E-state index in [1.165, 1.54) is 57.9 Å². The van der Waals surface area contributed by atoms with Gasteiger partial charge in [0, 0.05) is 24.2 Å². The number of piperidine rings is 1. The minimum absolute atomic E-state index is 0.577. The molecule has 4 fully saturated rings. The SMILES string of the molecule is CCCNC1CC2CCC(C1)N2C1CC2CCC1O2. The highest BCUT2D eigenvalue weighted by Crippen LogP contribution is 2.45. The molecule has 0 aliphatic carbocycles. The summed E-state index contributed by atoms with van der Waals surface area (Å²) in [5.74, 6) is 0. The summed E-state index contributed by atoms with van der Waals surface area (Å²) in [5, 5.41) is 3.76. The minimum Gasteiger partial charge on any atom is -0.373 e. The third-order valence-corrected chi connectivity index (χ3v) is 5.93. The molecule has 5 unspecified atom stereocenters. The topological polar surface area (TPSA) is 24.5 Å². The van der Waals surface area contributed by atoms with E-state index in [-0.39, 0.29) is 0 Å². The van der Waals surface area contributed by atoms with Crippen LogP contribution in [0.5, 0.6) is 0 Å². The zero-order valence-corrected chi connectivity index (χ0v) is 12.2. The van der Waals surface area contributed by atoms with Crippen LogP contribution in [-0.4, -0.2) is 47.8 Å². The summed E-state index contributed by atoms with van der Waals surface area (Å²) in [5.41, 5.74) is 0. The molecule has 108 valence electrons. The molecule has 4 saturated heterocycles. The fraction of sp³-hybridized carbons (Fsp3) is 1.00. The molecule has 0 aromatic rings. The smallest absolute Gasteiger partial charge is 0.0736 e. The Balaban J connectivity index is 1.42. The highest BCUT2D eigenvalue weighted by Gasteiger charge is 2.51. The lowest BCUT2D eigenvalue weighted by atomic mass is 9.88. The Labute approximate surface area is 117 Å². The highest BCUT2D eigenvalue weighted by molar-refractivity contribution is 5.05. The van der Waals surface area contributed by atoms with Crippen molar-refractivity contribution < 1.29 is 4.74 Å². The van der Waals surface area contributed by atoms with Crippen molar-refractivity contribution in [2.45, 2.75) is 94.7 Å². The zero-order chi connectivity index (χ0) is 12.8. The lowest BCUT2D eigenvalue weighted by Crippen LogP contribution is -2.55. The average molecular weight is 264 g/mol. The molecule has 0 saturated carbocycles. The van der Waals surface area contributed by atoms with Crippen LogP contribution in [0.2, 0.25) is 0 Å². The summed E-state index contributed by atoms with van der Waals surface area (Å²) in [7, 11) is 0. The molecular weight excluding hydrogens is 236 g/mol. The first kappa shape index (κ1) is 12.6. The number of fused-ring (bicyclic) bond motifs is 4. The molecular formula is C16H28N2O. The van der Waals surface area contributed by atoms with Gasteiger partial charge >= 0.3 is 0 Å². The Bertz CT molecular complexity index is 321. The maximum atomic E-state index is 6.10. The van der Waals surface area contributed by atoms with E-state index >= 15 is 0 Å². The molecule has 4 heterocycles. The summed E-state index contributed by atoms with van der Waals surface area (Å²) in [6.07, 6.45) is 12.0. The van der Waals surface area contributed by atoms with Crippen LogP contribution in [-0.2, 0) is 4.74 Å². The van der Waals surface area contributed by atoms with E-state index in [1.54, 1.807) is 0 Å². The molecule has 19 heavy (non-hydrogen) atoms. The van der Waals surface area contributed by atoms with E-state index < -0.39 is 0 Å². The molecule has 0 spiro atoms. The van der Waals surface area contributed by atoms with E-state index in [1.807, 2.05) is 0 Å². The molecule has 0 amide bonds. The van der Waals surface area contributed by atoms with Gasteiger partial charge in [0.05, 0.1) is 12.2 Å². The molecule has 1 N–H and O–H groups in total. The summed E-state index contributed by atoms with van der Waals surface area (Å²) in [6.45, 7) is 3.46. The molecule has 0 aromatic heterocycles. The predicted octanol–water partition coefficient (Wildman–Crippen LogP) is 2.30. The Morgan fingerprint density at radius 2 is 1.84 bits per heavy atom. The molecule has 3 nitrogen and oxygen atoms in total. The molecule has 3 heteroatoms. The van der Waals surface area contributed by atoms with Gasteiger partial charge in [0.2, 0.25) is 0 Å². The van der Waals surface area contributed by atoms with Crippen LogP contribution in [0, 0.1) is 0 Å². The molecule has 0 radical (unpaired) electrons. The first-order chi connectivity index (χ1) is 9.35. The van der Waals surface area contributed by atoms with Crippen LogP contribution in [0.1, 0.15) is 58.3 Å². The number of hydrogen-bond acceptors (Lipinski definition) is 3. The maximum absolute atomic E-state index is 6.10. The van der Waals surface area contributed by atoms with Crippen molar-refractivity contribution in [1.29, 1.82) is 0 Å². The van der Waals surface area contributed by atoms with Crippen molar-refractivity contribution in [2.75, 3.05) is 6.54 Å². The first-order valence-electron chi connectivity index (χ1n) is 8.51. The Hall–Kier alpha value is -0.120. The largest absolute Gasteiger partial charge is 0.373 e. The summed E-state index contributed by atoms with van der Waals surface area (Å²) in [4.78, 5) is 2.90. The number of ether oxygens (including phenoxy) is 1. The van der Waals surface area contributed by atoms with E-state index in [0.29, 0.717) is 12.2 Å². The third-order valence-electron chi connectivity index (χ3n) is 5.93. The third kappa shape index (κ3) is 2.14. The van der Waals surface area contributed by atoms with Gasteiger partial charge in [-0.05, 0) is 57.9 Å². The molecule has 4 aliphatic rings. The van der Waals surface area contributed by atoms with Crippen LogP contribution < -0.4 is 5.32 Å². The zero-order valence-electron chi connectivity index (χ0n) is 12.2. The van der Waals surface area contributed by atoms with E-state index in [4.69, 9.17) is 4.74 Å². The Morgan fingerprint density at radius 1 is 1.05 bits per heavy atom. The second kappa shape index (κ2) is 5.01. The van der Waals surface area contributed by atoms with Crippen LogP contribution in [0.3, 0.4) is 0 Å². The van der Waals surface area contributed by atoms with Crippen molar-refractivity contribution in [3.8, 4) is 0 Å². The van der Waals surface area contributed by atoms with Crippen LogP contribution in [0.25, 0.3) is 0 Å². The van der Waals surface area contributed by atoms with E-state index in [2.05, 4.69) is 17.1 Å². The standard InChI is InChI=1S/C16H28N2O/c1-2-7-17-11-8-12-3-4-13(9-11)18(12)15-10-14-5-6-16(15)19-14/h11-17H,2-10H2,1H3. The fourth-order valence-electron chi connectivity index (χ4n) is 5.19. The van der Waals surface area contributed by atoms with Gasteiger partial charge < -0.3 is 10.1 Å². The van der Waals surface area contributed by atoms with Crippen molar-refractivity contribution in [3.05, 3.63) is 0 Å². The maximum Gasteiger partial charge on any atom is 0.0736 e. The summed E-state index contributed by atoms with van der Waals surface area (Å²) >= 11 is 0. The second-order valence-electron chi connectivity index (χ2n) is 7.13. The monoisotopic (exact) mass is 264 g/mol. The van der Waals surface area contributed by atoms with Gasteiger partial charge in [0.25, 0.3) is 0 Å². The first-order valence-corrected chi connectivity index (χ1v) is 8.51. The minimum atomic E-state index is 0.577. The molecule has 4 bridgehead atoms. The average Bonchev–Trinajstić information content (AvgIpc) is 3.09. The molecule has 4 aliphatic heterocycles. The van der Waals surface area contributed by atoms with Gasteiger partial charge in [-0.2, -0.15) is 0 Å². The van der Waals surface area contributed by atoms with E-state index in [9.17, 15) is 0 Å². The van der Waals surface area contributed by atoms with Crippen molar-refractivity contribution in [3.63, 3.8) is 0 Å². The second-order valence-corrected chi connectivity index (χ2v) is 7.13. The number of nitrogens with one attached hydrogen (secondary N) is 1. The summed E-state index contributed by atoms with van der Waals surface area (Å²) in [6, 6.07) is 3.25. The normalized spacial score (nSPS) is 49.1. The fourth-order valence-corrected chi connectivity index (χ4v) is 5.19. The quantitative estimate of drug-likeness (QED) is 0.843. The number of nitrogens with zero attached hydrogens (tertiary/aromatic N) is 1. The summed E-state index contributed by atoms with van der Waals surface area (Å²) < 4.78 is 6.10. The number of hydrogen-bond donors (Lipinski definition) is 1. The number of rotatable bonds is 4. The lowest BCUT2D eigenvalue weighted by molar-refractivity contribution is 0.0239. The van der Waals surface area contributed by atoms with Gasteiger partial charge in [-0.3, -0.25) is 4.90 Å². The van der Waals surface area contributed by atoms with E-state index in [0.717, 1.165) is 24.2 Å². The molecule has 4 rings (SSSR count). The van der Waals surface area contributed by atoms with Crippen LogP contribution in [0.15, 0.2) is 0 Å². The Kier molecular flexibility index (Phi) is 3.33. The van der Waals surface area contributed by atoms with Gasteiger partial charge in [0.15, 0.2) is 0 Å². The highest BCUT2D eigenvalue weighted by atomic mass is 16.5. The van der Waals surface area contributed by atoms with Gasteiger partial charge in [-0.25, -0.2) is 0 Å². The molecule has 5 atom stereocenters. The molecule has 0 aromatic carbocycles. The van der Waals surface area contributed by atoms with Gasteiger partial charge in [0.1, 0.15) is 0 Å².